The first-order valence-electron chi connectivity index (χ1n) is 10.3. The smallest absolute Gasteiger partial charge is 0.208 e. The third-order valence-electron chi connectivity index (χ3n) is 6.24. The molecule has 1 saturated heterocycles. The second kappa shape index (κ2) is 8.42. The van der Waals surface area contributed by atoms with Crippen LogP contribution in [0, 0.1) is 5.92 Å². The third kappa shape index (κ3) is 4.45. The minimum atomic E-state index is -3.66. The summed E-state index contributed by atoms with van der Waals surface area (Å²) in [5.74, 6) is 0.310. The Hall–Kier alpha value is -0.960. The van der Waals surface area contributed by atoms with Crippen LogP contribution in [0.15, 0.2) is 34.1 Å². The molecule has 0 radical (unpaired) electrons. The third-order valence-corrected chi connectivity index (χ3v) is 9.89. The number of nitrogens with zero attached hydrogens (tertiary/aromatic N) is 1. The highest BCUT2D eigenvalue weighted by molar-refractivity contribution is 7.89. The van der Waals surface area contributed by atoms with E-state index in [2.05, 4.69) is 11.6 Å². The number of hydrogen-bond acceptors (Lipinski definition) is 4. The molecule has 4 atom stereocenters. The number of sulfonamides is 2. The molecule has 1 N–H and O–H groups in total. The van der Waals surface area contributed by atoms with E-state index in [-0.39, 0.29) is 27.9 Å². The minimum absolute atomic E-state index is 0.0494. The first-order chi connectivity index (χ1) is 13.1. The summed E-state index contributed by atoms with van der Waals surface area (Å²) in [6.45, 7) is 5.94. The fourth-order valence-electron chi connectivity index (χ4n) is 4.54. The van der Waals surface area contributed by atoms with Crippen molar-refractivity contribution in [3.8, 4) is 0 Å². The van der Waals surface area contributed by atoms with E-state index in [1.807, 2.05) is 13.8 Å². The first kappa shape index (κ1) is 21.7. The standard InChI is InChI=1S/C20H32N2O4S2/c1-15-7-4-5-10-20(15)21-27(23,24)18-11-13-19(14-12-18)28(25,26)22-16(2)8-6-9-17(22)3/h11-17,20-21H,4-10H2,1-3H3/t15-,16-,17+,20+/m1/s1. The van der Waals surface area contributed by atoms with Crippen LogP contribution in [-0.4, -0.2) is 39.3 Å². The maximum Gasteiger partial charge on any atom is 0.243 e. The highest BCUT2D eigenvalue weighted by atomic mass is 32.2. The highest BCUT2D eigenvalue weighted by Crippen LogP contribution is 2.30. The summed E-state index contributed by atoms with van der Waals surface area (Å²) in [7, 11) is -7.30. The van der Waals surface area contributed by atoms with Crippen LogP contribution >= 0.6 is 0 Å². The first-order valence-corrected chi connectivity index (χ1v) is 13.2. The van der Waals surface area contributed by atoms with Gasteiger partial charge in [-0.05, 0) is 69.7 Å². The van der Waals surface area contributed by atoms with E-state index in [9.17, 15) is 16.8 Å². The maximum absolute atomic E-state index is 13.1. The van der Waals surface area contributed by atoms with Gasteiger partial charge in [0.1, 0.15) is 0 Å². The van der Waals surface area contributed by atoms with Crippen LogP contribution in [0.2, 0.25) is 0 Å². The summed E-state index contributed by atoms with van der Waals surface area (Å²) in [5, 5.41) is 0. The molecule has 28 heavy (non-hydrogen) atoms. The van der Waals surface area contributed by atoms with E-state index in [0.29, 0.717) is 5.92 Å². The summed E-state index contributed by atoms with van der Waals surface area (Å²) in [6.07, 6.45) is 6.75. The van der Waals surface area contributed by atoms with Crippen LogP contribution in [0.5, 0.6) is 0 Å². The quantitative estimate of drug-likeness (QED) is 0.778. The molecule has 3 rings (SSSR count). The van der Waals surface area contributed by atoms with Gasteiger partial charge in [0.05, 0.1) is 9.79 Å². The van der Waals surface area contributed by atoms with Crippen molar-refractivity contribution in [1.29, 1.82) is 0 Å². The molecular formula is C20H32N2O4S2. The molecule has 0 spiro atoms. The van der Waals surface area contributed by atoms with Gasteiger partial charge < -0.3 is 0 Å². The summed E-state index contributed by atoms with van der Waals surface area (Å²) >= 11 is 0. The van der Waals surface area contributed by atoms with Crippen molar-refractivity contribution in [1.82, 2.24) is 9.03 Å². The number of nitrogens with one attached hydrogen (secondary N) is 1. The van der Waals surface area contributed by atoms with Gasteiger partial charge in [0, 0.05) is 18.1 Å². The fraction of sp³-hybridized carbons (Fsp3) is 0.700. The Morgan fingerprint density at radius 1 is 0.786 bits per heavy atom. The highest BCUT2D eigenvalue weighted by Gasteiger charge is 2.36. The van der Waals surface area contributed by atoms with Gasteiger partial charge in [-0.15, -0.1) is 0 Å². The maximum atomic E-state index is 13.1. The van der Waals surface area contributed by atoms with E-state index < -0.39 is 20.0 Å². The molecule has 8 heteroatoms. The zero-order valence-corrected chi connectivity index (χ0v) is 18.6. The molecule has 158 valence electrons. The minimum Gasteiger partial charge on any atom is -0.208 e. The van der Waals surface area contributed by atoms with Crippen LogP contribution in [0.4, 0.5) is 0 Å². The molecule has 6 nitrogen and oxygen atoms in total. The molecule has 0 aromatic heterocycles. The average Bonchev–Trinajstić information content (AvgIpc) is 2.63. The van der Waals surface area contributed by atoms with Crippen molar-refractivity contribution in [3.63, 3.8) is 0 Å². The Kier molecular flexibility index (Phi) is 6.54. The lowest BCUT2D eigenvalue weighted by Gasteiger charge is -2.37. The molecule has 0 bridgehead atoms. The summed E-state index contributed by atoms with van der Waals surface area (Å²) in [4.78, 5) is 0.266. The van der Waals surface area contributed by atoms with Gasteiger partial charge in [-0.3, -0.25) is 0 Å². The molecule has 1 aliphatic heterocycles. The number of piperidine rings is 1. The van der Waals surface area contributed by atoms with Gasteiger partial charge in [0.15, 0.2) is 0 Å². The molecule has 2 aliphatic rings. The van der Waals surface area contributed by atoms with Crippen LogP contribution in [-0.2, 0) is 20.0 Å². The molecule has 1 aromatic rings. The Bertz CT molecular complexity index is 871. The summed E-state index contributed by atoms with van der Waals surface area (Å²) < 4.78 is 56.0. The predicted molar refractivity (Wildman–Crippen MR) is 110 cm³/mol. The van der Waals surface area contributed by atoms with Gasteiger partial charge in [-0.1, -0.05) is 26.2 Å². The Labute approximate surface area is 169 Å². The van der Waals surface area contributed by atoms with Crippen molar-refractivity contribution in [2.24, 2.45) is 5.92 Å². The molecule has 1 heterocycles. The molecular weight excluding hydrogens is 396 g/mol. The zero-order chi connectivity index (χ0) is 20.5. The van der Waals surface area contributed by atoms with Gasteiger partial charge in [-0.2, -0.15) is 4.31 Å². The lowest BCUT2D eigenvalue weighted by molar-refractivity contribution is 0.204. The van der Waals surface area contributed by atoms with Crippen molar-refractivity contribution in [3.05, 3.63) is 24.3 Å². The van der Waals surface area contributed by atoms with E-state index in [4.69, 9.17) is 0 Å². The lowest BCUT2D eigenvalue weighted by Crippen LogP contribution is -2.47. The molecule has 0 amide bonds. The molecule has 1 aliphatic carbocycles. The SMILES string of the molecule is C[C@@H]1CCCC[C@@H]1NS(=O)(=O)c1ccc(S(=O)(=O)N2[C@H](C)CCC[C@@H]2C)cc1. The second-order valence-corrected chi connectivity index (χ2v) is 12.0. The Balaban J connectivity index is 1.80. The largest absolute Gasteiger partial charge is 0.243 e. The molecule has 2 fully saturated rings. The Morgan fingerprint density at radius 3 is 1.89 bits per heavy atom. The van der Waals surface area contributed by atoms with Crippen molar-refractivity contribution in [2.45, 2.75) is 93.6 Å². The van der Waals surface area contributed by atoms with Crippen LogP contribution in [0.25, 0.3) is 0 Å². The normalized spacial score (nSPS) is 30.2. The van der Waals surface area contributed by atoms with Gasteiger partial charge >= 0.3 is 0 Å². The number of rotatable bonds is 5. The predicted octanol–water partition coefficient (Wildman–Crippen LogP) is 3.50. The molecule has 1 saturated carbocycles. The lowest BCUT2D eigenvalue weighted by atomic mass is 9.87. The van der Waals surface area contributed by atoms with E-state index in [1.165, 1.54) is 24.3 Å². The summed E-state index contributed by atoms with van der Waals surface area (Å²) in [6, 6.07) is 5.49. The fourth-order valence-corrected chi connectivity index (χ4v) is 7.80. The monoisotopic (exact) mass is 428 g/mol. The number of hydrogen-bond donors (Lipinski definition) is 1. The summed E-state index contributed by atoms with van der Waals surface area (Å²) in [5.41, 5.74) is 0. The molecule has 0 unspecified atom stereocenters. The van der Waals surface area contributed by atoms with Crippen molar-refractivity contribution in [2.75, 3.05) is 0 Å². The zero-order valence-electron chi connectivity index (χ0n) is 17.0. The second-order valence-electron chi connectivity index (χ2n) is 8.42. The van der Waals surface area contributed by atoms with E-state index in [0.717, 1.165) is 44.9 Å². The van der Waals surface area contributed by atoms with E-state index >= 15 is 0 Å². The van der Waals surface area contributed by atoms with Crippen LogP contribution in [0.3, 0.4) is 0 Å². The van der Waals surface area contributed by atoms with Gasteiger partial charge in [0.25, 0.3) is 0 Å². The van der Waals surface area contributed by atoms with Crippen molar-refractivity contribution < 1.29 is 16.8 Å². The Morgan fingerprint density at radius 2 is 1.32 bits per heavy atom. The molecule has 1 aromatic carbocycles. The van der Waals surface area contributed by atoms with Gasteiger partial charge in [-0.25, -0.2) is 21.6 Å². The van der Waals surface area contributed by atoms with Gasteiger partial charge in [0.2, 0.25) is 20.0 Å². The average molecular weight is 429 g/mol. The van der Waals surface area contributed by atoms with Crippen molar-refractivity contribution >= 4 is 20.0 Å². The van der Waals surface area contributed by atoms with E-state index in [1.54, 1.807) is 4.31 Å². The van der Waals surface area contributed by atoms with Crippen LogP contribution in [0.1, 0.15) is 65.7 Å². The number of benzene rings is 1. The topological polar surface area (TPSA) is 83.5 Å². The van der Waals surface area contributed by atoms with Crippen LogP contribution < -0.4 is 4.72 Å².